The molecule has 0 saturated heterocycles. The molecule has 0 unspecified atom stereocenters. The normalized spacial score (nSPS) is 12.0. The van der Waals surface area contributed by atoms with Crippen molar-refractivity contribution in [1.29, 1.82) is 0 Å². The van der Waals surface area contributed by atoms with Crippen molar-refractivity contribution in [3.63, 3.8) is 0 Å². The number of hydrogen-bond donors (Lipinski definition) is 0. The Hall–Kier alpha value is -1.12. The minimum absolute atomic E-state index is 1.09. The lowest BCUT2D eigenvalue weighted by atomic mass is 10.5. The minimum Gasteiger partial charge on any atom is -0.226 e. The molecule has 3 nitrogen and oxygen atoms in total. The molecule has 0 spiro atoms. The molecule has 0 atom stereocenters. The van der Waals surface area contributed by atoms with Gasteiger partial charge in [-0.3, -0.25) is 0 Å². The lowest BCUT2D eigenvalue weighted by Gasteiger charge is -1.94. The Labute approximate surface area is 54.0 Å². The molecule has 0 fully saturated rings. The zero-order valence-electron chi connectivity index (χ0n) is 5.57. The van der Waals surface area contributed by atoms with Crippen LogP contribution in [0.3, 0.4) is 0 Å². The Morgan fingerprint density at radius 3 is 2.89 bits per heavy atom. The summed E-state index contributed by atoms with van der Waals surface area (Å²) in [6.45, 7) is 3.95. The van der Waals surface area contributed by atoms with Crippen LogP contribution in [0.25, 0.3) is 5.70 Å². The summed E-state index contributed by atoms with van der Waals surface area (Å²) < 4.78 is 1.72. The molecule has 1 aromatic rings. The summed E-state index contributed by atoms with van der Waals surface area (Å²) >= 11 is 0. The van der Waals surface area contributed by atoms with Crippen LogP contribution in [0.15, 0.2) is 18.7 Å². The van der Waals surface area contributed by atoms with Crippen LogP contribution in [0.5, 0.6) is 0 Å². The van der Waals surface area contributed by atoms with E-state index in [2.05, 4.69) is 10.1 Å². The summed E-state index contributed by atoms with van der Waals surface area (Å²) in [7, 11) is 0. The van der Waals surface area contributed by atoms with Gasteiger partial charge in [-0.1, -0.05) is 6.08 Å². The van der Waals surface area contributed by atoms with E-state index in [1.807, 2.05) is 19.9 Å². The van der Waals surface area contributed by atoms with Crippen LogP contribution in [-0.2, 0) is 0 Å². The van der Waals surface area contributed by atoms with E-state index in [-0.39, 0.29) is 0 Å². The van der Waals surface area contributed by atoms with Crippen LogP contribution in [0.4, 0.5) is 0 Å². The van der Waals surface area contributed by atoms with E-state index >= 15 is 0 Å². The lowest BCUT2D eigenvalue weighted by Crippen LogP contribution is -1.91. The summed E-state index contributed by atoms with van der Waals surface area (Å²) in [6.07, 6.45) is 5.18. The van der Waals surface area contributed by atoms with Gasteiger partial charge < -0.3 is 0 Å². The van der Waals surface area contributed by atoms with Crippen LogP contribution in [0, 0.1) is 0 Å². The molecule has 0 amide bonds. The molecule has 0 radical (unpaired) electrons. The zero-order chi connectivity index (χ0) is 6.69. The smallest absolute Gasteiger partial charge is 0.138 e. The standard InChI is InChI=1S/C6H9N3/c1-3-6(2)9-5-7-4-8-9/h3-5H,1-2H3. The van der Waals surface area contributed by atoms with Crippen molar-refractivity contribution in [1.82, 2.24) is 14.8 Å². The lowest BCUT2D eigenvalue weighted by molar-refractivity contribution is 0.892. The molecule has 48 valence electrons. The molecule has 0 N–H and O–H groups in total. The fourth-order valence-electron chi connectivity index (χ4n) is 0.523. The van der Waals surface area contributed by atoms with Gasteiger partial charge in [0.1, 0.15) is 12.7 Å². The average Bonchev–Trinajstić information content (AvgIpc) is 2.37. The van der Waals surface area contributed by atoms with Gasteiger partial charge in [-0.15, -0.1) is 0 Å². The van der Waals surface area contributed by atoms with Gasteiger partial charge in [-0.2, -0.15) is 5.10 Å². The summed E-state index contributed by atoms with van der Waals surface area (Å²) in [6, 6.07) is 0. The van der Waals surface area contributed by atoms with E-state index < -0.39 is 0 Å². The predicted molar refractivity (Wildman–Crippen MR) is 35.6 cm³/mol. The topological polar surface area (TPSA) is 30.7 Å². The van der Waals surface area contributed by atoms with Crippen LogP contribution in [-0.4, -0.2) is 14.8 Å². The average molecular weight is 123 g/mol. The highest BCUT2D eigenvalue weighted by Gasteiger charge is 1.88. The first-order chi connectivity index (χ1) is 4.34. The third-order valence-electron chi connectivity index (χ3n) is 1.20. The molecular weight excluding hydrogens is 114 g/mol. The Bertz CT molecular complexity index is 198. The molecule has 0 aromatic carbocycles. The maximum atomic E-state index is 3.92. The van der Waals surface area contributed by atoms with E-state index in [4.69, 9.17) is 0 Å². The van der Waals surface area contributed by atoms with E-state index in [0.717, 1.165) is 5.70 Å². The number of aromatic nitrogens is 3. The molecule has 0 aliphatic heterocycles. The first-order valence-corrected chi connectivity index (χ1v) is 2.82. The van der Waals surface area contributed by atoms with Crippen LogP contribution in [0.2, 0.25) is 0 Å². The van der Waals surface area contributed by atoms with Crippen molar-refractivity contribution in [2.24, 2.45) is 0 Å². The Morgan fingerprint density at radius 1 is 1.67 bits per heavy atom. The van der Waals surface area contributed by atoms with E-state index in [9.17, 15) is 0 Å². The highest BCUT2D eigenvalue weighted by atomic mass is 15.3. The largest absolute Gasteiger partial charge is 0.226 e. The number of allylic oxidation sites excluding steroid dienone is 2. The molecule has 9 heavy (non-hydrogen) atoms. The number of hydrogen-bond acceptors (Lipinski definition) is 2. The summed E-state index contributed by atoms with van der Waals surface area (Å²) in [5.41, 5.74) is 1.09. The molecule has 1 rings (SSSR count). The highest BCUT2D eigenvalue weighted by molar-refractivity contribution is 5.38. The highest BCUT2D eigenvalue weighted by Crippen LogP contribution is 1.96. The summed E-state index contributed by atoms with van der Waals surface area (Å²) in [5, 5.41) is 3.92. The fourth-order valence-corrected chi connectivity index (χ4v) is 0.523. The van der Waals surface area contributed by atoms with Crippen molar-refractivity contribution in [3.8, 4) is 0 Å². The van der Waals surface area contributed by atoms with Crippen LogP contribution < -0.4 is 0 Å². The summed E-state index contributed by atoms with van der Waals surface area (Å²) in [4.78, 5) is 3.80. The SMILES string of the molecule is CC=C(C)n1cncn1. The second kappa shape index (κ2) is 2.44. The maximum absolute atomic E-state index is 3.92. The van der Waals surface area contributed by atoms with Crippen molar-refractivity contribution in [2.75, 3.05) is 0 Å². The Kier molecular flexibility index (Phi) is 1.63. The molecule has 0 saturated carbocycles. The number of rotatable bonds is 1. The molecule has 1 aromatic heterocycles. The van der Waals surface area contributed by atoms with Crippen molar-refractivity contribution in [2.45, 2.75) is 13.8 Å². The van der Waals surface area contributed by atoms with Crippen LogP contribution in [0.1, 0.15) is 13.8 Å². The molecule has 1 heterocycles. The summed E-state index contributed by atoms with van der Waals surface area (Å²) in [5.74, 6) is 0. The third kappa shape index (κ3) is 1.16. The Balaban J connectivity index is 2.90. The van der Waals surface area contributed by atoms with Gasteiger partial charge in [0.15, 0.2) is 0 Å². The molecular formula is C6H9N3. The first kappa shape index (κ1) is 6.01. The van der Waals surface area contributed by atoms with Crippen molar-refractivity contribution in [3.05, 3.63) is 18.7 Å². The molecule has 0 aliphatic carbocycles. The van der Waals surface area contributed by atoms with E-state index in [1.165, 1.54) is 6.33 Å². The fraction of sp³-hybridized carbons (Fsp3) is 0.333. The minimum atomic E-state index is 1.09. The van der Waals surface area contributed by atoms with Crippen molar-refractivity contribution >= 4 is 5.70 Å². The van der Waals surface area contributed by atoms with Gasteiger partial charge in [0.25, 0.3) is 0 Å². The van der Waals surface area contributed by atoms with E-state index in [1.54, 1.807) is 11.0 Å². The van der Waals surface area contributed by atoms with Gasteiger partial charge in [0.2, 0.25) is 0 Å². The number of nitrogens with zero attached hydrogens (tertiary/aromatic N) is 3. The van der Waals surface area contributed by atoms with Crippen molar-refractivity contribution < 1.29 is 0 Å². The van der Waals surface area contributed by atoms with E-state index in [0.29, 0.717) is 0 Å². The Morgan fingerprint density at radius 2 is 2.44 bits per heavy atom. The molecule has 0 bridgehead atoms. The van der Waals surface area contributed by atoms with Gasteiger partial charge in [-0.05, 0) is 13.8 Å². The molecule has 3 heteroatoms. The van der Waals surface area contributed by atoms with Gasteiger partial charge in [0.05, 0.1) is 0 Å². The van der Waals surface area contributed by atoms with Crippen LogP contribution >= 0.6 is 0 Å². The van der Waals surface area contributed by atoms with Gasteiger partial charge in [-0.25, -0.2) is 9.67 Å². The van der Waals surface area contributed by atoms with Gasteiger partial charge >= 0.3 is 0 Å². The zero-order valence-corrected chi connectivity index (χ0v) is 5.57. The maximum Gasteiger partial charge on any atom is 0.138 e. The quantitative estimate of drug-likeness (QED) is 0.561. The third-order valence-corrected chi connectivity index (χ3v) is 1.20. The predicted octanol–water partition coefficient (Wildman–Crippen LogP) is 1.16. The first-order valence-electron chi connectivity index (χ1n) is 2.82. The molecule has 0 aliphatic rings. The van der Waals surface area contributed by atoms with Gasteiger partial charge in [0, 0.05) is 5.70 Å². The second-order valence-corrected chi connectivity index (χ2v) is 1.77. The second-order valence-electron chi connectivity index (χ2n) is 1.77. The monoisotopic (exact) mass is 123 g/mol.